The number of pyridine rings is 2. The maximum absolute atomic E-state index is 6.04. The molecule has 0 spiro atoms. The predicted octanol–water partition coefficient (Wildman–Crippen LogP) is 4.03. The molecule has 154 valence electrons. The number of hydrogen-bond acceptors (Lipinski definition) is 6. The number of aromatic nitrogens is 2. The molecule has 30 heavy (non-hydrogen) atoms. The maximum atomic E-state index is 6.04. The van der Waals surface area contributed by atoms with Crippen LogP contribution in [-0.2, 0) is 6.54 Å². The zero-order valence-corrected chi connectivity index (χ0v) is 16.8. The molecule has 0 aliphatic carbocycles. The predicted molar refractivity (Wildman–Crippen MR) is 113 cm³/mol. The summed E-state index contributed by atoms with van der Waals surface area (Å²) in [5.74, 6) is 2.13. The molecule has 0 saturated carbocycles. The van der Waals surface area contributed by atoms with Crippen molar-refractivity contribution in [1.29, 1.82) is 0 Å². The lowest BCUT2D eigenvalue weighted by atomic mass is 10.0. The van der Waals surface area contributed by atoms with Gasteiger partial charge < -0.3 is 14.2 Å². The second kappa shape index (κ2) is 8.71. The first kappa shape index (κ1) is 18.9. The fourth-order valence-electron chi connectivity index (χ4n) is 3.96. The first-order valence-corrected chi connectivity index (χ1v) is 10.5. The fraction of sp³-hybridized carbons (Fsp3) is 0.333. The average Bonchev–Trinajstić information content (AvgIpc) is 2.81. The normalized spacial score (nSPS) is 19.4. The van der Waals surface area contributed by atoms with E-state index in [1.807, 2.05) is 24.3 Å². The molecule has 2 aliphatic rings. The largest absolute Gasteiger partial charge is 0.489 e. The highest BCUT2D eigenvalue weighted by Crippen LogP contribution is 2.34. The smallest absolute Gasteiger partial charge is 0.257 e. The summed E-state index contributed by atoms with van der Waals surface area (Å²) in [6.07, 6.45) is 7.49. The Bertz CT molecular complexity index is 957. The molecule has 6 nitrogen and oxygen atoms in total. The summed E-state index contributed by atoms with van der Waals surface area (Å²) in [5.41, 5.74) is 2.42. The van der Waals surface area contributed by atoms with Gasteiger partial charge in [0, 0.05) is 32.0 Å². The number of piperidine rings is 1. The summed E-state index contributed by atoms with van der Waals surface area (Å²) in [4.78, 5) is 10.9. The molecule has 1 saturated heterocycles. The van der Waals surface area contributed by atoms with Crippen molar-refractivity contribution in [3.8, 4) is 17.4 Å². The molecule has 1 atom stereocenters. The summed E-state index contributed by atoms with van der Waals surface area (Å²) in [5, 5.41) is 0. The lowest BCUT2D eigenvalue weighted by Gasteiger charge is -2.32. The minimum atomic E-state index is -0.123. The van der Waals surface area contributed by atoms with E-state index in [1.165, 1.54) is 5.56 Å². The van der Waals surface area contributed by atoms with E-state index < -0.39 is 0 Å². The van der Waals surface area contributed by atoms with Crippen molar-refractivity contribution in [2.75, 3.05) is 19.7 Å². The Labute approximate surface area is 176 Å². The van der Waals surface area contributed by atoms with Gasteiger partial charge in [0.1, 0.15) is 18.5 Å². The molecule has 3 aromatic rings. The van der Waals surface area contributed by atoms with E-state index >= 15 is 0 Å². The van der Waals surface area contributed by atoms with Crippen molar-refractivity contribution in [1.82, 2.24) is 14.9 Å². The van der Waals surface area contributed by atoms with Gasteiger partial charge in [0.05, 0.1) is 6.20 Å². The van der Waals surface area contributed by atoms with Crippen molar-refractivity contribution in [3.63, 3.8) is 0 Å². The quantitative estimate of drug-likeness (QED) is 0.641. The third-order valence-electron chi connectivity index (χ3n) is 5.61. The number of rotatable bonds is 5. The summed E-state index contributed by atoms with van der Waals surface area (Å²) < 4.78 is 17.8. The highest BCUT2D eigenvalue weighted by molar-refractivity contribution is 5.36. The number of benzene rings is 1. The van der Waals surface area contributed by atoms with Gasteiger partial charge in [0.2, 0.25) is 0 Å². The monoisotopic (exact) mass is 403 g/mol. The zero-order valence-electron chi connectivity index (χ0n) is 16.8. The van der Waals surface area contributed by atoms with E-state index in [0.717, 1.165) is 43.8 Å². The lowest BCUT2D eigenvalue weighted by Crippen LogP contribution is -2.37. The van der Waals surface area contributed by atoms with Crippen LogP contribution in [0.3, 0.4) is 0 Å². The Balaban J connectivity index is 1.13. The molecule has 1 fully saturated rings. The highest BCUT2D eigenvalue weighted by Gasteiger charge is 2.24. The van der Waals surface area contributed by atoms with Crippen molar-refractivity contribution < 1.29 is 14.2 Å². The van der Waals surface area contributed by atoms with E-state index in [0.29, 0.717) is 18.2 Å². The summed E-state index contributed by atoms with van der Waals surface area (Å²) >= 11 is 0. The van der Waals surface area contributed by atoms with Crippen LogP contribution in [0.1, 0.15) is 30.1 Å². The topological polar surface area (TPSA) is 56.7 Å². The molecule has 2 aliphatic heterocycles. The van der Waals surface area contributed by atoms with Crippen LogP contribution in [0.5, 0.6) is 17.4 Å². The van der Waals surface area contributed by atoms with Gasteiger partial charge in [0.25, 0.3) is 5.88 Å². The Morgan fingerprint density at radius 3 is 2.63 bits per heavy atom. The summed E-state index contributed by atoms with van der Waals surface area (Å²) in [7, 11) is 0. The van der Waals surface area contributed by atoms with Gasteiger partial charge in [-0.15, -0.1) is 0 Å². The van der Waals surface area contributed by atoms with Crippen molar-refractivity contribution in [2.45, 2.75) is 31.6 Å². The first-order chi connectivity index (χ1) is 14.8. The number of likely N-dealkylation sites (tertiary alicyclic amines) is 1. The molecular formula is C24H25N3O3. The van der Waals surface area contributed by atoms with Gasteiger partial charge >= 0.3 is 0 Å². The Kier molecular flexibility index (Phi) is 5.48. The molecule has 6 heteroatoms. The van der Waals surface area contributed by atoms with Gasteiger partial charge in [0.15, 0.2) is 11.9 Å². The standard InChI is InChI=1S/C24H25N3O3/c1-3-21(15-25-11-1)29-20-9-13-27(14-10-20)16-18-5-7-19(8-6-18)23-17-28-22-4-2-12-26-24(22)30-23/h1-8,11-12,15,20,23H,9-10,13-14,16-17H2. The van der Waals surface area contributed by atoms with E-state index in [-0.39, 0.29) is 12.2 Å². The molecule has 2 aromatic heterocycles. The van der Waals surface area contributed by atoms with Crippen LogP contribution in [0.2, 0.25) is 0 Å². The van der Waals surface area contributed by atoms with Gasteiger partial charge in [-0.25, -0.2) is 4.98 Å². The number of hydrogen-bond donors (Lipinski definition) is 0. The number of nitrogens with zero attached hydrogens (tertiary/aromatic N) is 3. The number of ether oxygens (including phenoxy) is 3. The molecule has 4 heterocycles. The van der Waals surface area contributed by atoms with E-state index in [9.17, 15) is 0 Å². The molecule has 0 N–H and O–H groups in total. The highest BCUT2D eigenvalue weighted by atomic mass is 16.6. The molecular weight excluding hydrogens is 378 g/mol. The van der Waals surface area contributed by atoms with Crippen molar-refractivity contribution in [3.05, 3.63) is 78.2 Å². The Morgan fingerprint density at radius 2 is 1.83 bits per heavy atom. The second-order valence-electron chi connectivity index (χ2n) is 7.75. The van der Waals surface area contributed by atoms with Gasteiger partial charge in [-0.3, -0.25) is 9.88 Å². The molecule has 0 amide bonds. The van der Waals surface area contributed by atoms with Crippen molar-refractivity contribution in [2.24, 2.45) is 0 Å². The fourth-order valence-corrected chi connectivity index (χ4v) is 3.96. The molecule has 1 aromatic carbocycles. The molecule has 0 radical (unpaired) electrons. The van der Waals surface area contributed by atoms with Gasteiger partial charge in [-0.05, 0) is 48.2 Å². The molecule has 5 rings (SSSR count). The van der Waals surface area contributed by atoms with Crippen LogP contribution in [0.4, 0.5) is 0 Å². The second-order valence-corrected chi connectivity index (χ2v) is 7.75. The van der Waals surface area contributed by atoms with Crippen LogP contribution >= 0.6 is 0 Å². The van der Waals surface area contributed by atoms with Crippen LogP contribution in [0.25, 0.3) is 0 Å². The molecule has 0 bridgehead atoms. The Hall–Kier alpha value is -3.12. The molecule has 1 unspecified atom stereocenters. The van der Waals surface area contributed by atoms with E-state index in [2.05, 4.69) is 39.1 Å². The minimum Gasteiger partial charge on any atom is -0.489 e. The average molecular weight is 403 g/mol. The minimum absolute atomic E-state index is 0.123. The first-order valence-electron chi connectivity index (χ1n) is 10.5. The summed E-state index contributed by atoms with van der Waals surface area (Å²) in [6, 6.07) is 16.3. The van der Waals surface area contributed by atoms with E-state index in [1.54, 1.807) is 18.6 Å². The van der Waals surface area contributed by atoms with E-state index in [4.69, 9.17) is 14.2 Å². The van der Waals surface area contributed by atoms with Crippen LogP contribution in [0, 0.1) is 0 Å². The third-order valence-corrected chi connectivity index (χ3v) is 5.61. The SMILES string of the molecule is c1cncc(OC2CCN(Cc3ccc(C4COc5cccnc5O4)cc3)CC2)c1. The third kappa shape index (κ3) is 4.39. The van der Waals surface area contributed by atoms with Crippen LogP contribution < -0.4 is 14.2 Å². The van der Waals surface area contributed by atoms with Gasteiger partial charge in [-0.1, -0.05) is 24.3 Å². The Morgan fingerprint density at radius 1 is 1.00 bits per heavy atom. The zero-order chi connectivity index (χ0) is 20.2. The van der Waals surface area contributed by atoms with Crippen LogP contribution in [-0.4, -0.2) is 40.7 Å². The van der Waals surface area contributed by atoms with Crippen molar-refractivity contribution >= 4 is 0 Å². The summed E-state index contributed by atoms with van der Waals surface area (Å²) in [6.45, 7) is 3.53. The van der Waals surface area contributed by atoms with Crippen LogP contribution in [0.15, 0.2) is 67.1 Å². The van der Waals surface area contributed by atoms with Gasteiger partial charge in [-0.2, -0.15) is 0 Å². The lowest BCUT2D eigenvalue weighted by molar-refractivity contribution is 0.0850. The maximum Gasteiger partial charge on any atom is 0.257 e. The number of fused-ring (bicyclic) bond motifs is 1.